The van der Waals surface area contributed by atoms with Crippen LogP contribution in [0.2, 0.25) is 0 Å². The van der Waals surface area contributed by atoms with Crippen molar-refractivity contribution < 1.29 is 28.2 Å². The molecule has 0 unspecified atom stereocenters. The Labute approximate surface area is 232 Å². The minimum atomic E-state index is -0.683. The lowest BCUT2D eigenvalue weighted by Gasteiger charge is -2.28. The fourth-order valence-electron chi connectivity index (χ4n) is 5.47. The minimum absolute atomic E-state index is 0.151. The molecule has 1 aliphatic heterocycles. The number of β-amino-alcohol motifs (C(OH)–C–C–N with tert-alkyl or cyclic N) is 1. The maximum absolute atomic E-state index is 14.6. The highest BCUT2D eigenvalue weighted by Gasteiger charge is 2.27. The Bertz CT molecular complexity index is 1080. The van der Waals surface area contributed by atoms with Gasteiger partial charge in [0.1, 0.15) is 11.6 Å². The number of ether oxygens (including phenoxy) is 2. The van der Waals surface area contributed by atoms with Gasteiger partial charge in [0.25, 0.3) is 0 Å². The molecule has 3 rings (SSSR count). The average molecular weight is 546 g/mol. The molecule has 3 atom stereocenters. The first-order chi connectivity index (χ1) is 18.7. The van der Waals surface area contributed by atoms with Crippen LogP contribution in [0.5, 0.6) is 0 Å². The topological polar surface area (TPSA) is 59.0 Å². The van der Waals surface area contributed by atoms with Gasteiger partial charge in [0, 0.05) is 19.0 Å². The number of aliphatic hydroxyl groups excluding tert-OH is 1. The molecular weight excluding hydrogens is 500 g/mol. The summed E-state index contributed by atoms with van der Waals surface area (Å²) in [4.78, 5) is 13.9. The van der Waals surface area contributed by atoms with Crippen LogP contribution < -0.4 is 0 Å². The first-order valence-electron chi connectivity index (χ1n) is 14.4. The second-order valence-corrected chi connectivity index (χ2v) is 10.8. The molecular formula is C32H45F2NO4. The van der Waals surface area contributed by atoms with Crippen LogP contribution >= 0.6 is 0 Å². The highest BCUT2D eigenvalue weighted by Crippen LogP contribution is 2.29. The van der Waals surface area contributed by atoms with E-state index in [0.717, 1.165) is 48.9 Å². The summed E-state index contributed by atoms with van der Waals surface area (Å²) in [6.45, 7) is 9.22. The summed E-state index contributed by atoms with van der Waals surface area (Å²) in [7, 11) is 0. The number of hydrogen-bond donors (Lipinski definition) is 1. The van der Waals surface area contributed by atoms with Crippen LogP contribution in [-0.4, -0.2) is 54.4 Å². The van der Waals surface area contributed by atoms with Crippen molar-refractivity contribution in [3.63, 3.8) is 0 Å². The summed E-state index contributed by atoms with van der Waals surface area (Å²) < 4.78 is 39.8. The lowest BCUT2D eigenvalue weighted by atomic mass is 9.94. The molecule has 1 aliphatic rings. The molecule has 5 nitrogen and oxygen atoms in total. The number of carbonyl (C=O) groups is 1. The van der Waals surface area contributed by atoms with E-state index in [2.05, 4.69) is 4.90 Å². The van der Waals surface area contributed by atoms with Crippen molar-refractivity contribution in [3.8, 4) is 0 Å². The third kappa shape index (κ3) is 9.37. The van der Waals surface area contributed by atoms with E-state index in [9.17, 15) is 18.7 Å². The SMILES string of the molecule is CCOC(=O)CCCCc1cc(C)c(F)cc1[C@@H](CC)OC[C@H](O)CN1CCC[C@H]1Cc1ccc(C)c(F)c1. The maximum Gasteiger partial charge on any atom is 0.305 e. The Balaban J connectivity index is 1.56. The number of halogens is 2. The second-order valence-electron chi connectivity index (χ2n) is 10.8. The molecule has 0 saturated carbocycles. The van der Waals surface area contributed by atoms with Gasteiger partial charge in [0.15, 0.2) is 0 Å². The molecule has 0 bridgehead atoms. The van der Waals surface area contributed by atoms with Crippen molar-refractivity contribution in [2.75, 3.05) is 26.3 Å². The smallest absolute Gasteiger partial charge is 0.305 e. The zero-order chi connectivity index (χ0) is 28.4. The van der Waals surface area contributed by atoms with Crippen LogP contribution in [0, 0.1) is 25.5 Å². The van der Waals surface area contributed by atoms with Crippen LogP contribution in [0.25, 0.3) is 0 Å². The molecule has 0 radical (unpaired) electrons. The quantitative estimate of drug-likeness (QED) is 0.208. The van der Waals surface area contributed by atoms with Gasteiger partial charge in [-0.2, -0.15) is 0 Å². The van der Waals surface area contributed by atoms with E-state index in [-0.39, 0.29) is 36.4 Å². The molecule has 2 aromatic rings. The van der Waals surface area contributed by atoms with E-state index in [0.29, 0.717) is 50.0 Å². The molecule has 2 aromatic carbocycles. The summed E-state index contributed by atoms with van der Waals surface area (Å²) in [5, 5.41) is 10.9. The summed E-state index contributed by atoms with van der Waals surface area (Å²) in [6, 6.07) is 9.12. The fraction of sp³-hybridized carbons (Fsp3) is 0.594. The van der Waals surface area contributed by atoms with Crippen molar-refractivity contribution in [1.29, 1.82) is 0 Å². The first-order valence-corrected chi connectivity index (χ1v) is 14.4. The highest BCUT2D eigenvalue weighted by atomic mass is 19.1. The normalized spacial score (nSPS) is 17.4. The molecule has 1 N–H and O–H groups in total. The average Bonchev–Trinajstić information content (AvgIpc) is 3.33. The van der Waals surface area contributed by atoms with Crippen molar-refractivity contribution in [3.05, 3.63) is 69.8 Å². The molecule has 216 valence electrons. The predicted molar refractivity (Wildman–Crippen MR) is 150 cm³/mol. The molecule has 1 saturated heterocycles. The van der Waals surface area contributed by atoms with E-state index < -0.39 is 6.10 Å². The molecule has 0 amide bonds. The summed E-state index contributed by atoms with van der Waals surface area (Å²) in [6.07, 6.45) is 5.04. The van der Waals surface area contributed by atoms with E-state index >= 15 is 0 Å². The third-order valence-electron chi connectivity index (χ3n) is 7.66. The number of carbonyl (C=O) groups excluding carboxylic acids is 1. The predicted octanol–water partition coefficient (Wildman–Crippen LogP) is 6.39. The number of likely N-dealkylation sites (tertiary alicyclic amines) is 1. The van der Waals surface area contributed by atoms with E-state index in [4.69, 9.17) is 9.47 Å². The summed E-state index contributed by atoms with van der Waals surface area (Å²) in [5.41, 5.74) is 4.03. The Kier molecular flexibility index (Phi) is 12.3. The molecule has 39 heavy (non-hydrogen) atoms. The molecule has 0 spiro atoms. The van der Waals surface area contributed by atoms with Crippen LogP contribution in [0.1, 0.15) is 86.3 Å². The van der Waals surface area contributed by atoms with Gasteiger partial charge in [-0.1, -0.05) is 25.1 Å². The Morgan fingerprint density at radius 1 is 1.10 bits per heavy atom. The standard InChI is InChI=1S/C32H45F2NO4/c1-5-31(28-19-30(34)23(4)16-25(28)10-7-8-12-32(37)38-6-2)39-21-27(36)20-35-15-9-11-26(35)17-24-14-13-22(3)29(33)18-24/h13-14,16,18-19,26-27,31,36H,5-12,15,17,20-21H2,1-4H3/t26-,27+,31+/m0/s1. The number of benzene rings is 2. The van der Waals surface area contributed by atoms with Crippen LogP contribution in [-0.2, 0) is 27.1 Å². The largest absolute Gasteiger partial charge is 0.466 e. The van der Waals surface area contributed by atoms with Crippen molar-refractivity contribution in [2.24, 2.45) is 0 Å². The number of aliphatic hydroxyl groups is 1. The van der Waals surface area contributed by atoms with Gasteiger partial charge in [-0.3, -0.25) is 9.69 Å². The fourth-order valence-corrected chi connectivity index (χ4v) is 5.47. The number of esters is 1. The highest BCUT2D eigenvalue weighted by molar-refractivity contribution is 5.69. The zero-order valence-electron chi connectivity index (χ0n) is 24.0. The van der Waals surface area contributed by atoms with Gasteiger partial charge in [0.2, 0.25) is 0 Å². The first kappa shape index (κ1) is 31.2. The van der Waals surface area contributed by atoms with Gasteiger partial charge in [-0.05, 0) is 112 Å². The molecule has 1 heterocycles. The number of unbranched alkanes of at least 4 members (excludes halogenated alkanes) is 1. The van der Waals surface area contributed by atoms with Gasteiger partial charge < -0.3 is 14.6 Å². The summed E-state index contributed by atoms with van der Waals surface area (Å²) in [5.74, 6) is -0.639. The Hall–Kier alpha value is -2.35. The lowest BCUT2D eigenvalue weighted by molar-refractivity contribution is -0.143. The van der Waals surface area contributed by atoms with Gasteiger partial charge in [-0.25, -0.2) is 8.78 Å². The monoisotopic (exact) mass is 545 g/mol. The number of hydrogen-bond acceptors (Lipinski definition) is 5. The van der Waals surface area contributed by atoms with Gasteiger partial charge >= 0.3 is 5.97 Å². The molecule has 0 aromatic heterocycles. The van der Waals surface area contributed by atoms with E-state index in [1.54, 1.807) is 32.9 Å². The third-order valence-corrected chi connectivity index (χ3v) is 7.66. The lowest BCUT2D eigenvalue weighted by Crippen LogP contribution is -2.39. The van der Waals surface area contributed by atoms with E-state index in [1.165, 1.54) is 0 Å². The summed E-state index contributed by atoms with van der Waals surface area (Å²) >= 11 is 0. The molecule has 1 fully saturated rings. The zero-order valence-corrected chi connectivity index (χ0v) is 24.0. The second kappa shape index (κ2) is 15.4. The number of aryl methyl sites for hydroxylation is 3. The minimum Gasteiger partial charge on any atom is -0.466 e. The molecule has 7 heteroatoms. The van der Waals surface area contributed by atoms with Gasteiger partial charge in [0.05, 0.1) is 25.4 Å². The Morgan fingerprint density at radius 3 is 2.59 bits per heavy atom. The number of rotatable bonds is 15. The maximum atomic E-state index is 14.6. The van der Waals surface area contributed by atoms with Crippen LogP contribution in [0.15, 0.2) is 30.3 Å². The van der Waals surface area contributed by atoms with Crippen LogP contribution in [0.3, 0.4) is 0 Å². The molecule has 0 aliphatic carbocycles. The number of nitrogens with zero attached hydrogens (tertiary/aromatic N) is 1. The van der Waals surface area contributed by atoms with Crippen molar-refractivity contribution >= 4 is 5.97 Å². The van der Waals surface area contributed by atoms with Gasteiger partial charge in [-0.15, -0.1) is 0 Å². The van der Waals surface area contributed by atoms with Crippen molar-refractivity contribution in [1.82, 2.24) is 4.90 Å². The Morgan fingerprint density at radius 2 is 1.87 bits per heavy atom. The van der Waals surface area contributed by atoms with Crippen LogP contribution in [0.4, 0.5) is 8.78 Å². The van der Waals surface area contributed by atoms with Crippen molar-refractivity contribution in [2.45, 2.75) is 97.3 Å². The van der Waals surface area contributed by atoms with E-state index in [1.807, 2.05) is 25.1 Å².